The van der Waals surface area contributed by atoms with Crippen LogP contribution in [0.25, 0.3) is 0 Å². The van der Waals surface area contributed by atoms with E-state index in [0.29, 0.717) is 6.07 Å². The Morgan fingerprint density at radius 3 is 2.67 bits per heavy atom. The van der Waals surface area contributed by atoms with Gasteiger partial charge >= 0.3 is 7.60 Å². The van der Waals surface area contributed by atoms with Crippen LogP contribution in [-0.4, -0.2) is 24.5 Å². The van der Waals surface area contributed by atoms with Gasteiger partial charge in [0.1, 0.15) is 17.4 Å². The highest BCUT2D eigenvalue weighted by atomic mass is 32.2. The van der Waals surface area contributed by atoms with E-state index in [-0.39, 0.29) is 4.90 Å². The minimum atomic E-state index is -4.61. The number of hydrogen-bond donors (Lipinski definition) is 2. The van der Waals surface area contributed by atoms with Crippen molar-refractivity contribution < 1.29 is 36.1 Å². The normalized spacial score (nSPS) is 14.1. The average molecular weight is 380 g/mol. The lowest BCUT2D eigenvalue weighted by atomic mass is 10.3. The quantitative estimate of drug-likeness (QED) is 0.420. The van der Waals surface area contributed by atoms with E-state index in [2.05, 4.69) is 8.94 Å². The number of nitro groups is 1. The molecule has 2 aromatic rings. The van der Waals surface area contributed by atoms with E-state index in [4.69, 9.17) is 0 Å². The predicted molar refractivity (Wildman–Crippen MR) is 77.4 cm³/mol. The van der Waals surface area contributed by atoms with E-state index in [9.17, 15) is 32.4 Å². The average Bonchev–Trinajstić information content (AvgIpc) is 3.02. The van der Waals surface area contributed by atoms with Crippen LogP contribution in [0.3, 0.4) is 0 Å². The van der Waals surface area contributed by atoms with Crippen LogP contribution in [0.5, 0.6) is 5.75 Å². The lowest BCUT2D eigenvalue weighted by Gasteiger charge is -2.14. The first-order chi connectivity index (χ1) is 11.1. The number of nitrogens with one attached hydrogen (secondary N) is 1. The third-order valence-electron chi connectivity index (χ3n) is 2.63. The second-order valence-corrected chi connectivity index (χ2v) is 7.91. The largest absolute Gasteiger partial charge is 0.471 e. The van der Waals surface area contributed by atoms with Gasteiger partial charge in [-0.15, -0.1) is 0 Å². The maximum atomic E-state index is 13.6. The Labute approximate surface area is 134 Å². The van der Waals surface area contributed by atoms with Gasteiger partial charge in [-0.2, -0.15) is 4.72 Å². The molecule has 1 aromatic carbocycles. The van der Waals surface area contributed by atoms with Crippen LogP contribution < -0.4 is 9.25 Å². The van der Waals surface area contributed by atoms with Crippen LogP contribution in [0, 0.1) is 15.9 Å². The summed E-state index contributed by atoms with van der Waals surface area (Å²) >= 11 is 0. The van der Waals surface area contributed by atoms with Crippen molar-refractivity contribution >= 4 is 23.3 Å². The van der Waals surface area contributed by atoms with E-state index in [1.165, 1.54) is 0 Å². The number of benzene rings is 1. The molecule has 0 saturated heterocycles. The van der Waals surface area contributed by atoms with Crippen LogP contribution in [-0.2, 0) is 14.6 Å². The van der Waals surface area contributed by atoms with Crippen LogP contribution in [0.1, 0.15) is 0 Å². The van der Waals surface area contributed by atoms with Crippen LogP contribution >= 0.6 is 7.60 Å². The van der Waals surface area contributed by atoms with Crippen LogP contribution in [0.15, 0.2) is 46.1 Å². The Kier molecular flexibility index (Phi) is 5.04. The zero-order valence-electron chi connectivity index (χ0n) is 11.7. The van der Waals surface area contributed by atoms with Crippen LogP contribution in [0.2, 0.25) is 0 Å². The van der Waals surface area contributed by atoms with E-state index in [0.717, 1.165) is 30.7 Å². The third-order valence-corrected chi connectivity index (χ3v) is 5.26. The van der Waals surface area contributed by atoms with E-state index in [1.807, 2.05) is 4.72 Å². The van der Waals surface area contributed by atoms with Crippen molar-refractivity contribution in [2.45, 2.75) is 4.90 Å². The minimum absolute atomic E-state index is 0.274. The summed E-state index contributed by atoms with van der Waals surface area (Å²) in [5.74, 6) is -1.97. The van der Waals surface area contributed by atoms with Crippen molar-refractivity contribution in [2.75, 3.05) is 6.29 Å². The number of non-ortho nitro benzene ring substituents is 1. The number of halogens is 1. The second kappa shape index (κ2) is 6.69. The molecule has 13 heteroatoms. The van der Waals surface area contributed by atoms with Crippen molar-refractivity contribution in [3.63, 3.8) is 0 Å². The predicted octanol–water partition coefficient (Wildman–Crippen LogP) is 1.83. The van der Waals surface area contributed by atoms with Crippen molar-refractivity contribution in [1.82, 2.24) is 4.72 Å². The van der Waals surface area contributed by atoms with Crippen molar-refractivity contribution in [1.29, 1.82) is 0 Å². The molecule has 2 N–H and O–H groups in total. The third kappa shape index (κ3) is 4.38. The zero-order chi connectivity index (χ0) is 18.0. The molecule has 0 fully saturated rings. The monoisotopic (exact) mass is 380 g/mol. The molecular formula is C11H10FN2O8PS. The molecule has 0 radical (unpaired) electrons. The minimum Gasteiger partial charge on any atom is -0.471 e. The number of nitro benzene ring substituents is 1. The summed E-state index contributed by atoms with van der Waals surface area (Å²) < 4.78 is 60.0. The van der Waals surface area contributed by atoms with Gasteiger partial charge < -0.3 is 13.8 Å². The molecule has 24 heavy (non-hydrogen) atoms. The van der Waals surface area contributed by atoms with E-state index in [1.54, 1.807) is 0 Å². The molecule has 10 nitrogen and oxygen atoms in total. The molecule has 0 aliphatic rings. The summed E-state index contributed by atoms with van der Waals surface area (Å²) in [6, 6.07) is 3.28. The van der Waals surface area contributed by atoms with Gasteiger partial charge in [0.25, 0.3) is 5.69 Å². The molecule has 1 atom stereocenters. The first kappa shape index (κ1) is 18.1. The number of rotatable bonds is 7. The first-order valence-corrected chi connectivity index (χ1v) is 9.32. The molecule has 0 bridgehead atoms. The van der Waals surface area contributed by atoms with Gasteiger partial charge in [0, 0.05) is 6.07 Å². The summed E-state index contributed by atoms with van der Waals surface area (Å²) in [6.45, 7) is 0. The Morgan fingerprint density at radius 1 is 1.42 bits per heavy atom. The molecule has 2 rings (SSSR count). The first-order valence-electron chi connectivity index (χ1n) is 6.08. The van der Waals surface area contributed by atoms with E-state index >= 15 is 0 Å². The highest BCUT2D eigenvalue weighted by molar-refractivity contribution is 7.89. The van der Waals surface area contributed by atoms with Crippen molar-refractivity contribution in [3.05, 3.63) is 52.7 Å². The smallest absolute Gasteiger partial charge is 0.391 e. The zero-order valence-corrected chi connectivity index (χ0v) is 13.4. The topological polar surface area (TPSA) is 149 Å². The number of hydrogen-bond acceptors (Lipinski definition) is 7. The van der Waals surface area contributed by atoms with Gasteiger partial charge in [0.15, 0.2) is 11.6 Å². The summed E-state index contributed by atoms with van der Waals surface area (Å²) in [5.41, 5.74) is -0.576. The summed E-state index contributed by atoms with van der Waals surface area (Å²) in [6.07, 6.45) is 0.953. The lowest BCUT2D eigenvalue weighted by Crippen LogP contribution is -2.25. The van der Waals surface area contributed by atoms with Gasteiger partial charge in [0.05, 0.1) is 17.3 Å². The summed E-state index contributed by atoms with van der Waals surface area (Å²) in [5, 5.41) is 10.5. The molecule has 1 unspecified atom stereocenters. The molecular weight excluding hydrogens is 370 g/mol. The van der Waals surface area contributed by atoms with Gasteiger partial charge in [-0.3, -0.25) is 10.1 Å². The molecule has 0 aliphatic heterocycles. The SMILES string of the molecule is O=[N+]([O-])c1ccc(OP(=O)(O)CNS(=O)(=O)c2ccoc2)c(F)c1. The van der Waals surface area contributed by atoms with Gasteiger partial charge in [-0.05, 0) is 12.1 Å². The summed E-state index contributed by atoms with van der Waals surface area (Å²) in [4.78, 5) is 19.0. The fourth-order valence-corrected chi connectivity index (χ4v) is 3.95. The second-order valence-electron chi connectivity index (χ2n) is 4.37. The highest BCUT2D eigenvalue weighted by Crippen LogP contribution is 2.43. The molecule has 130 valence electrons. The fraction of sp³-hybridized carbons (Fsp3) is 0.0909. The Hall–Kier alpha value is -2.27. The van der Waals surface area contributed by atoms with Crippen molar-refractivity contribution in [2.24, 2.45) is 0 Å². The molecule has 0 aliphatic carbocycles. The standard InChI is InChI=1S/C11H10FN2O8PS/c12-10-5-8(14(15)16)1-2-11(10)22-23(17,18)7-13-24(19,20)9-3-4-21-6-9/h1-6,13H,7H2,(H,17,18). The highest BCUT2D eigenvalue weighted by Gasteiger charge is 2.27. The van der Waals surface area contributed by atoms with E-state index < -0.39 is 46.1 Å². The summed E-state index contributed by atoms with van der Waals surface area (Å²) in [7, 11) is -8.72. The molecule has 0 spiro atoms. The lowest BCUT2D eigenvalue weighted by molar-refractivity contribution is -0.385. The van der Waals surface area contributed by atoms with Crippen molar-refractivity contribution in [3.8, 4) is 5.75 Å². The van der Waals surface area contributed by atoms with Crippen LogP contribution in [0.4, 0.5) is 10.1 Å². The molecule has 1 heterocycles. The van der Waals surface area contributed by atoms with Gasteiger partial charge in [-0.25, -0.2) is 17.4 Å². The Bertz CT molecular complexity index is 899. The van der Waals surface area contributed by atoms with Gasteiger partial charge in [-0.1, -0.05) is 0 Å². The number of nitrogens with zero attached hydrogens (tertiary/aromatic N) is 1. The number of furan rings is 1. The molecule has 1 aromatic heterocycles. The molecule has 0 saturated carbocycles. The Balaban J connectivity index is 2.09. The maximum absolute atomic E-state index is 13.6. The maximum Gasteiger partial charge on any atom is 0.391 e. The Morgan fingerprint density at radius 2 is 2.12 bits per heavy atom. The molecule has 0 amide bonds. The number of sulfonamides is 1. The van der Waals surface area contributed by atoms with Gasteiger partial charge in [0.2, 0.25) is 10.0 Å². The fourth-order valence-electron chi connectivity index (χ4n) is 1.52.